The van der Waals surface area contributed by atoms with Crippen molar-refractivity contribution in [3.8, 4) is 0 Å². The second-order valence-corrected chi connectivity index (χ2v) is 9.70. The zero-order valence-corrected chi connectivity index (χ0v) is 22.6. The number of hydrogen-bond donors (Lipinski definition) is 2. The van der Waals surface area contributed by atoms with Gasteiger partial charge in [0, 0.05) is 61.2 Å². The number of carbonyl (C=O) groups is 2. The maximum absolute atomic E-state index is 13.7. The van der Waals surface area contributed by atoms with Crippen molar-refractivity contribution in [1.29, 1.82) is 0 Å². The first kappa shape index (κ1) is 28.1. The van der Waals surface area contributed by atoms with Gasteiger partial charge in [-0.25, -0.2) is 9.18 Å². The number of methoxy groups -OCH3 is 1. The van der Waals surface area contributed by atoms with Gasteiger partial charge in [-0.1, -0.05) is 48.0 Å². The van der Waals surface area contributed by atoms with Crippen molar-refractivity contribution in [1.82, 2.24) is 14.8 Å². The molecule has 0 bridgehead atoms. The molecule has 39 heavy (non-hydrogen) atoms. The second-order valence-electron chi connectivity index (χ2n) is 9.26. The molecular weight excluding hydrogens is 519 g/mol. The summed E-state index contributed by atoms with van der Waals surface area (Å²) in [6, 6.07) is 20.6. The zero-order valence-electron chi connectivity index (χ0n) is 21.8. The van der Waals surface area contributed by atoms with Crippen LogP contribution in [0.4, 0.5) is 14.9 Å². The lowest BCUT2D eigenvalue weighted by atomic mass is 10.1. The number of carbonyl (C=O) groups excluding carboxylic acids is 2. The van der Waals surface area contributed by atoms with Crippen LogP contribution in [-0.2, 0) is 22.5 Å². The van der Waals surface area contributed by atoms with Crippen molar-refractivity contribution in [2.45, 2.75) is 19.4 Å². The summed E-state index contributed by atoms with van der Waals surface area (Å²) >= 11 is 6.07. The third kappa shape index (κ3) is 8.05. The Bertz CT molecular complexity index is 1390. The number of rotatable bonds is 12. The molecule has 204 valence electrons. The van der Waals surface area contributed by atoms with Crippen molar-refractivity contribution < 1.29 is 18.7 Å². The molecule has 1 heterocycles. The molecule has 0 aliphatic carbocycles. The molecule has 0 aliphatic heterocycles. The lowest BCUT2D eigenvalue weighted by Crippen LogP contribution is -2.45. The van der Waals surface area contributed by atoms with Crippen molar-refractivity contribution in [2.24, 2.45) is 0 Å². The number of aromatic amines is 1. The van der Waals surface area contributed by atoms with Gasteiger partial charge in [-0.15, -0.1) is 0 Å². The SMILES string of the molecule is COCCCN(CC(=O)N(CCc1c[nH]c2ccccc12)Cc1ccc(F)cc1)C(=O)Nc1cccc(Cl)c1. The molecule has 0 saturated carbocycles. The summed E-state index contributed by atoms with van der Waals surface area (Å²) in [4.78, 5) is 33.3. The van der Waals surface area contributed by atoms with Crippen LogP contribution in [0.15, 0.2) is 79.0 Å². The van der Waals surface area contributed by atoms with E-state index >= 15 is 0 Å². The Labute approximate surface area is 232 Å². The fourth-order valence-corrected chi connectivity index (χ4v) is 4.57. The maximum Gasteiger partial charge on any atom is 0.322 e. The van der Waals surface area contributed by atoms with E-state index in [1.165, 1.54) is 17.0 Å². The largest absolute Gasteiger partial charge is 0.385 e. The Morgan fingerprint density at radius 3 is 2.56 bits per heavy atom. The van der Waals surface area contributed by atoms with Crippen LogP contribution in [0.5, 0.6) is 0 Å². The third-order valence-electron chi connectivity index (χ3n) is 6.43. The van der Waals surface area contributed by atoms with Gasteiger partial charge in [0.15, 0.2) is 0 Å². The minimum absolute atomic E-state index is 0.120. The van der Waals surface area contributed by atoms with Crippen LogP contribution in [0, 0.1) is 5.82 Å². The molecule has 0 spiro atoms. The minimum Gasteiger partial charge on any atom is -0.385 e. The fraction of sp³-hybridized carbons (Fsp3) is 0.267. The van der Waals surface area contributed by atoms with Gasteiger partial charge >= 0.3 is 6.03 Å². The van der Waals surface area contributed by atoms with Gasteiger partial charge in [-0.05, 0) is 60.4 Å². The normalized spacial score (nSPS) is 10.9. The van der Waals surface area contributed by atoms with Crippen LogP contribution in [0.3, 0.4) is 0 Å². The van der Waals surface area contributed by atoms with E-state index in [4.69, 9.17) is 16.3 Å². The lowest BCUT2D eigenvalue weighted by Gasteiger charge is -2.28. The number of H-pyrrole nitrogens is 1. The molecule has 0 aliphatic rings. The fourth-order valence-electron chi connectivity index (χ4n) is 4.38. The van der Waals surface area contributed by atoms with E-state index in [-0.39, 0.29) is 18.3 Å². The first-order valence-electron chi connectivity index (χ1n) is 12.8. The number of nitrogens with zero attached hydrogens (tertiary/aromatic N) is 2. The minimum atomic E-state index is -0.403. The molecule has 0 radical (unpaired) electrons. The van der Waals surface area contributed by atoms with Crippen LogP contribution >= 0.6 is 11.6 Å². The summed E-state index contributed by atoms with van der Waals surface area (Å²) in [7, 11) is 1.59. The topological polar surface area (TPSA) is 77.7 Å². The Morgan fingerprint density at radius 1 is 1.00 bits per heavy atom. The van der Waals surface area contributed by atoms with Gasteiger partial charge in [0.25, 0.3) is 0 Å². The first-order valence-corrected chi connectivity index (χ1v) is 13.2. The van der Waals surface area contributed by atoms with E-state index in [0.29, 0.717) is 49.8 Å². The number of fused-ring (bicyclic) bond motifs is 1. The number of nitrogens with one attached hydrogen (secondary N) is 2. The van der Waals surface area contributed by atoms with Crippen molar-refractivity contribution in [2.75, 3.05) is 38.7 Å². The van der Waals surface area contributed by atoms with E-state index < -0.39 is 6.03 Å². The van der Waals surface area contributed by atoms with Gasteiger partial charge in [-0.2, -0.15) is 0 Å². The highest BCUT2D eigenvalue weighted by molar-refractivity contribution is 6.30. The Balaban J connectivity index is 1.51. The maximum atomic E-state index is 13.7. The average Bonchev–Trinajstić information content (AvgIpc) is 3.34. The molecule has 0 saturated heterocycles. The van der Waals surface area contributed by atoms with E-state index in [1.807, 2.05) is 30.5 Å². The van der Waals surface area contributed by atoms with Crippen LogP contribution in [0.25, 0.3) is 10.9 Å². The van der Waals surface area contributed by atoms with Gasteiger partial charge in [-0.3, -0.25) is 4.79 Å². The van der Waals surface area contributed by atoms with Crippen molar-refractivity contribution in [3.63, 3.8) is 0 Å². The zero-order chi connectivity index (χ0) is 27.6. The standard InChI is InChI=1S/C30H32ClFN4O3/c1-39-17-5-15-36(30(38)34-26-7-4-6-24(31)18-26)21-29(37)35(20-22-10-12-25(32)13-11-22)16-14-23-19-33-28-9-3-2-8-27(23)28/h2-4,6-13,18-19,33H,5,14-17,20-21H2,1H3,(H,34,38). The number of benzene rings is 3. The van der Waals surface area contributed by atoms with E-state index in [2.05, 4.69) is 10.3 Å². The summed E-state index contributed by atoms with van der Waals surface area (Å²) in [5, 5.41) is 4.43. The molecule has 7 nitrogen and oxygen atoms in total. The number of hydrogen-bond acceptors (Lipinski definition) is 3. The van der Waals surface area contributed by atoms with Crippen molar-refractivity contribution >= 4 is 40.1 Å². The predicted molar refractivity (Wildman–Crippen MR) is 152 cm³/mol. The molecule has 3 aromatic carbocycles. The molecule has 4 rings (SSSR count). The van der Waals surface area contributed by atoms with Crippen LogP contribution in [0.1, 0.15) is 17.5 Å². The Hall–Kier alpha value is -3.88. The number of amides is 3. The predicted octanol–water partition coefficient (Wildman–Crippen LogP) is 6.10. The van der Waals surface area contributed by atoms with E-state index in [0.717, 1.165) is 22.0 Å². The molecule has 0 unspecified atom stereocenters. The van der Waals surface area contributed by atoms with Gasteiger partial charge < -0.3 is 24.8 Å². The van der Waals surface area contributed by atoms with Crippen LogP contribution in [-0.4, -0.2) is 60.1 Å². The quantitative estimate of drug-likeness (QED) is 0.209. The summed E-state index contributed by atoms with van der Waals surface area (Å²) in [6.45, 7) is 1.39. The van der Waals surface area contributed by atoms with Crippen LogP contribution in [0.2, 0.25) is 5.02 Å². The van der Waals surface area contributed by atoms with E-state index in [1.54, 1.807) is 48.4 Å². The highest BCUT2D eigenvalue weighted by Gasteiger charge is 2.22. The number of ether oxygens (including phenoxy) is 1. The lowest BCUT2D eigenvalue weighted by molar-refractivity contribution is -0.132. The first-order chi connectivity index (χ1) is 18.9. The summed E-state index contributed by atoms with van der Waals surface area (Å²) in [5.74, 6) is -0.546. The number of aromatic nitrogens is 1. The molecular formula is C30H32ClFN4O3. The molecule has 0 atom stereocenters. The Kier molecular flexibility index (Phi) is 9.94. The molecule has 3 amide bonds. The van der Waals surface area contributed by atoms with Gasteiger partial charge in [0.05, 0.1) is 0 Å². The summed E-state index contributed by atoms with van der Waals surface area (Å²) in [5.41, 5.74) is 3.47. The molecule has 9 heteroatoms. The number of urea groups is 1. The molecule has 1 aromatic heterocycles. The second kappa shape index (κ2) is 13.8. The number of anilines is 1. The number of para-hydroxylation sites is 1. The van der Waals surface area contributed by atoms with E-state index in [9.17, 15) is 14.0 Å². The monoisotopic (exact) mass is 550 g/mol. The Morgan fingerprint density at radius 2 is 1.79 bits per heavy atom. The highest BCUT2D eigenvalue weighted by Crippen LogP contribution is 2.19. The molecule has 0 fully saturated rings. The third-order valence-corrected chi connectivity index (χ3v) is 6.67. The highest BCUT2D eigenvalue weighted by atomic mass is 35.5. The summed E-state index contributed by atoms with van der Waals surface area (Å²) in [6.07, 6.45) is 3.15. The smallest absolute Gasteiger partial charge is 0.322 e. The van der Waals surface area contributed by atoms with Gasteiger partial charge in [0.1, 0.15) is 12.4 Å². The number of halogens is 2. The summed E-state index contributed by atoms with van der Waals surface area (Å²) < 4.78 is 18.7. The molecule has 4 aromatic rings. The van der Waals surface area contributed by atoms with Gasteiger partial charge in [0.2, 0.25) is 5.91 Å². The molecule has 2 N–H and O–H groups in total. The van der Waals surface area contributed by atoms with Crippen molar-refractivity contribution in [3.05, 3.63) is 101 Å². The van der Waals surface area contributed by atoms with Crippen LogP contribution < -0.4 is 5.32 Å². The average molecular weight is 551 g/mol.